The molecule has 5 nitrogen and oxygen atoms in total. The van der Waals surface area contributed by atoms with Gasteiger partial charge in [-0.15, -0.1) is 0 Å². The predicted molar refractivity (Wildman–Crippen MR) is 73.5 cm³/mol. The summed E-state index contributed by atoms with van der Waals surface area (Å²) >= 11 is 0. The van der Waals surface area contributed by atoms with Gasteiger partial charge in [-0.3, -0.25) is 0 Å². The first-order valence-electron chi connectivity index (χ1n) is 6.44. The number of benzene rings is 1. The molecule has 19 heavy (non-hydrogen) atoms. The van der Waals surface area contributed by atoms with Gasteiger partial charge in [0.2, 0.25) is 0 Å². The Morgan fingerprint density at radius 2 is 2.11 bits per heavy atom. The Balaban J connectivity index is 2.41. The van der Waals surface area contributed by atoms with E-state index in [1.807, 2.05) is 12.1 Å². The Bertz CT molecular complexity index is 545. The topological polar surface area (TPSA) is 92.4 Å². The smallest absolute Gasteiger partial charge is 0.178 e. The van der Waals surface area contributed by atoms with Crippen LogP contribution < -0.4 is 11.1 Å². The zero-order valence-corrected chi connectivity index (χ0v) is 11.6. The lowest BCUT2D eigenvalue weighted by Crippen LogP contribution is -2.52. The minimum absolute atomic E-state index is 0.105. The lowest BCUT2D eigenvalue weighted by atomic mass is 9.86. The number of hydrogen-bond donors (Lipinski definition) is 3. The fourth-order valence-corrected chi connectivity index (χ4v) is 4.28. The van der Waals surface area contributed by atoms with Crippen molar-refractivity contribution in [1.29, 1.82) is 0 Å². The summed E-state index contributed by atoms with van der Waals surface area (Å²) in [7, 11) is -3.20. The first kappa shape index (κ1) is 14.5. The molecule has 6 heteroatoms. The average Bonchev–Trinajstić information content (AvgIpc) is 2.42. The monoisotopic (exact) mass is 284 g/mol. The number of aliphatic hydroxyl groups excluding tert-OH is 1. The lowest BCUT2D eigenvalue weighted by molar-refractivity contribution is 0.261. The number of nitrogens with one attached hydrogen (secondary N) is 1. The standard InChI is InChI=1S/C13H20N2O3S/c14-10-13(15-7-3-8-16)6-9-19(17,18)12-5-2-1-4-11(12)13/h1-2,4-5,15-16H,3,6-10,14H2. The molecule has 0 fully saturated rings. The summed E-state index contributed by atoms with van der Waals surface area (Å²) in [5.41, 5.74) is 6.15. The summed E-state index contributed by atoms with van der Waals surface area (Å²) in [6.07, 6.45) is 1.09. The third kappa shape index (κ3) is 2.67. The van der Waals surface area contributed by atoms with E-state index in [1.54, 1.807) is 12.1 Å². The highest BCUT2D eigenvalue weighted by atomic mass is 32.2. The number of nitrogens with two attached hydrogens (primary N) is 1. The molecule has 1 aromatic rings. The van der Waals surface area contributed by atoms with Crippen LogP contribution in [0.2, 0.25) is 0 Å². The van der Waals surface area contributed by atoms with Crippen molar-refractivity contribution in [3.63, 3.8) is 0 Å². The van der Waals surface area contributed by atoms with Crippen molar-refractivity contribution in [3.05, 3.63) is 29.8 Å². The van der Waals surface area contributed by atoms with Crippen LogP contribution in [0.15, 0.2) is 29.2 Å². The first-order chi connectivity index (χ1) is 9.06. The zero-order chi connectivity index (χ0) is 13.9. The SMILES string of the molecule is NCC1(NCCCO)CCS(=O)(=O)c2ccccc21. The van der Waals surface area contributed by atoms with Gasteiger partial charge in [-0.1, -0.05) is 18.2 Å². The molecular formula is C13H20N2O3S. The Hall–Kier alpha value is -0.950. The Morgan fingerprint density at radius 3 is 2.79 bits per heavy atom. The molecule has 106 valence electrons. The first-order valence-corrected chi connectivity index (χ1v) is 8.09. The van der Waals surface area contributed by atoms with E-state index in [9.17, 15) is 8.42 Å². The molecule has 0 spiro atoms. The Morgan fingerprint density at radius 1 is 1.37 bits per heavy atom. The van der Waals surface area contributed by atoms with E-state index in [1.165, 1.54) is 0 Å². The number of sulfone groups is 1. The van der Waals surface area contributed by atoms with Crippen LogP contribution >= 0.6 is 0 Å². The number of fused-ring (bicyclic) bond motifs is 1. The maximum Gasteiger partial charge on any atom is 0.178 e. The fraction of sp³-hybridized carbons (Fsp3) is 0.538. The number of aliphatic hydroxyl groups is 1. The molecule has 1 aliphatic rings. The van der Waals surface area contributed by atoms with Gasteiger partial charge in [0.1, 0.15) is 0 Å². The van der Waals surface area contributed by atoms with Gasteiger partial charge in [0.25, 0.3) is 0 Å². The van der Waals surface area contributed by atoms with Gasteiger partial charge in [0, 0.05) is 13.2 Å². The number of rotatable bonds is 5. The van der Waals surface area contributed by atoms with Crippen LogP contribution in [0, 0.1) is 0 Å². The summed E-state index contributed by atoms with van der Waals surface area (Å²) in [4.78, 5) is 0.378. The molecule has 1 aliphatic heterocycles. The van der Waals surface area contributed by atoms with Crippen LogP contribution in [-0.2, 0) is 15.4 Å². The quantitative estimate of drug-likeness (QED) is 0.661. The second-order valence-corrected chi connectivity index (χ2v) is 6.93. The molecule has 0 saturated heterocycles. The van der Waals surface area contributed by atoms with Crippen molar-refractivity contribution in [2.75, 3.05) is 25.4 Å². The van der Waals surface area contributed by atoms with E-state index in [0.717, 1.165) is 5.56 Å². The predicted octanol–water partition coefficient (Wildman–Crippen LogP) is -0.01000. The van der Waals surface area contributed by atoms with E-state index >= 15 is 0 Å². The Kier molecular flexibility index (Phi) is 4.25. The van der Waals surface area contributed by atoms with Crippen LogP contribution in [0.4, 0.5) is 0 Å². The van der Waals surface area contributed by atoms with Gasteiger partial charge in [0.15, 0.2) is 9.84 Å². The summed E-state index contributed by atoms with van der Waals surface area (Å²) in [6, 6.07) is 7.03. The van der Waals surface area contributed by atoms with Crippen molar-refractivity contribution in [3.8, 4) is 0 Å². The molecular weight excluding hydrogens is 264 g/mol. The molecule has 2 rings (SSSR count). The summed E-state index contributed by atoms with van der Waals surface area (Å²) < 4.78 is 24.2. The highest BCUT2D eigenvalue weighted by Crippen LogP contribution is 2.36. The van der Waals surface area contributed by atoms with Crippen molar-refractivity contribution in [2.45, 2.75) is 23.3 Å². The van der Waals surface area contributed by atoms with Crippen LogP contribution in [0.5, 0.6) is 0 Å². The molecule has 0 aliphatic carbocycles. The third-order valence-electron chi connectivity index (χ3n) is 3.68. The average molecular weight is 284 g/mol. The van der Waals surface area contributed by atoms with Gasteiger partial charge < -0.3 is 16.2 Å². The third-order valence-corrected chi connectivity index (χ3v) is 5.45. The maximum absolute atomic E-state index is 12.1. The minimum atomic E-state index is -3.20. The molecule has 1 atom stereocenters. The van der Waals surface area contributed by atoms with Crippen LogP contribution in [0.3, 0.4) is 0 Å². The Labute approximate surface area is 113 Å². The summed E-state index contributed by atoms with van der Waals surface area (Å²) in [5.74, 6) is 0.105. The summed E-state index contributed by atoms with van der Waals surface area (Å²) in [5, 5.41) is 12.2. The molecule has 0 radical (unpaired) electrons. The van der Waals surface area contributed by atoms with Gasteiger partial charge in [-0.25, -0.2) is 8.42 Å². The maximum atomic E-state index is 12.1. The summed E-state index contributed by atoms with van der Waals surface area (Å²) in [6.45, 7) is 1.06. The fourth-order valence-electron chi connectivity index (χ4n) is 2.56. The molecule has 0 aromatic heterocycles. The lowest BCUT2D eigenvalue weighted by Gasteiger charge is -2.39. The molecule has 1 aromatic carbocycles. The van der Waals surface area contributed by atoms with Crippen molar-refractivity contribution >= 4 is 9.84 Å². The van der Waals surface area contributed by atoms with Crippen LogP contribution in [0.25, 0.3) is 0 Å². The second-order valence-electron chi connectivity index (χ2n) is 4.86. The highest BCUT2D eigenvalue weighted by Gasteiger charge is 2.40. The normalized spacial score (nSPS) is 24.9. The molecule has 0 amide bonds. The van der Waals surface area contributed by atoms with Crippen LogP contribution in [0.1, 0.15) is 18.4 Å². The number of hydrogen-bond acceptors (Lipinski definition) is 5. The van der Waals surface area contributed by atoms with E-state index in [2.05, 4.69) is 5.32 Å². The van der Waals surface area contributed by atoms with E-state index in [-0.39, 0.29) is 12.4 Å². The molecule has 1 heterocycles. The van der Waals surface area contributed by atoms with Gasteiger partial charge in [-0.05, 0) is 31.0 Å². The minimum Gasteiger partial charge on any atom is -0.396 e. The molecule has 0 saturated carbocycles. The molecule has 1 unspecified atom stereocenters. The van der Waals surface area contributed by atoms with Crippen molar-refractivity contribution in [2.24, 2.45) is 5.73 Å². The highest BCUT2D eigenvalue weighted by molar-refractivity contribution is 7.91. The second kappa shape index (κ2) is 5.58. The van der Waals surface area contributed by atoms with Crippen LogP contribution in [-0.4, -0.2) is 39.0 Å². The largest absolute Gasteiger partial charge is 0.396 e. The van der Waals surface area contributed by atoms with Gasteiger partial charge >= 0.3 is 0 Å². The molecule has 0 bridgehead atoms. The van der Waals surface area contributed by atoms with E-state index in [4.69, 9.17) is 10.8 Å². The van der Waals surface area contributed by atoms with Gasteiger partial charge in [-0.2, -0.15) is 0 Å². The van der Waals surface area contributed by atoms with E-state index in [0.29, 0.717) is 30.8 Å². The zero-order valence-electron chi connectivity index (χ0n) is 10.8. The van der Waals surface area contributed by atoms with Crippen molar-refractivity contribution < 1.29 is 13.5 Å². The van der Waals surface area contributed by atoms with Crippen molar-refractivity contribution in [1.82, 2.24) is 5.32 Å². The van der Waals surface area contributed by atoms with E-state index < -0.39 is 15.4 Å². The van der Waals surface area contributed by atoms with Gasteiger partial charge in [0.05, 0.1) is 16.2 Å². The molecule has 4 N–H and O–H groups in total.